The van der Waals surface area contributed by atoms with Crippen molar-refractivity contribution in [3.63, 3.8) is 0 Å². The molecule has 1 aromatic heterocycles. The van der Waals surface area contributed by atoms with E-state index in [0.717, 1.165) is 30.4 Å². The lowest BCUT2D eigenvalue weighted by Crippen LogP contribution is -2.49. The molecule has 2 heterocycles. The van der Waals surface area contributed by atoms with E-state index in [4.69, 9.17) is 11.6 Å². The van der Waals surface area contributed by atoms with Crippen LogP contribution < -0.4 is 0 Å². The zero-order valence-electron chi connectivity index (χ0n) is 18.6. The van der Waals surface area contributed by atoms with Crippen molar-refractivity contribution in [2.45, 2.75) is 57.2 Å². The van der Waals surface area contributed by atoms with Gasteiger partial charge in [0.1, 0.15) is 11.5 Å². The van der Waals surface area contributed by atoms with Gasteiger partial charge in [0, 0.05) is 23.6 Å². The van der Waals surface area contributed by atoms with E-state index in [9.17, 15) is 14.3 Å². The van der Waals surface area contributed by atoms with Crippen LogP contribution in [0.5, 0.6) is 0 Å². The van der Waals surface area contributed by atoms with Crippen LogP contribution in [-0.4, -0.2) is 43.6 Å². The number of β-amino-alcohol motifs (C(OH)–C–C–N with tert-alkyl or cyclic N) is 1. The fraction of sp³-hybridized carbons (Fsp3) is 0.400. The van der Waals surface area contributed by atoms with Crippen molar-refractivity contribution in [1.29, 1.82) is 0 Å². The van der Waals surface area contributed by atoms with Gasteiger partial charge in [-0.25, -0.2) is 9.07 Å². The highest BCUT2D eigenvalue weighted by Gasteiger charge is 2.39. The SMILES string of the molecule is CCCCCC(=O)N1C[C@@H](O)[C@H](n2cc(-c3ccc(F)cc3)nn2)C[C@@H]1c1ccc(Cl)cc1. The van der Waals surface area contributed by atoms with E-state index in [1.54, 1.807) is 27.9 Å². The predicted molar refractivity (Wildman–Crippen MR) is 125 cm³/mol. The fourth-order valence-electron chi connectivity index (χ4n) is 4.39. The van der Waals surface area contributed by atoms with Crippen molar-refractivity contribution in [1.82, 2.24) is 19.9 Å². The first-order valence-electron chi connectivity index (χ1n) is 11.4. The lowest BCUT2D eigenvalue weighted by Gasteiger charge is -2.42. The van der Waals surface area contributed by atoms with Crippen molar-refractivity contribution < 1.29 is 14.3 Å². The van der Waals surface area contributed by atoms with Crippen molar-refractivity contribution in [3.05, 3.63) is 71.1 Å². The average Bonchev–Trinajstić information content (AvgIpc) is 3.30. The van der Waals surface area contributed by atoms with E-state index in [0.29, 0.717) is 23.6 Å². The molecule has 1 fully saturated rings. The van der Waals surface area contributed by atoms with Crippen LogP contribution in [0, 0.1) is 5.82 Å². The fourth-order valence-corrected chi connectivity index (χ4v) is 4.51. The van der Waals surface area contributed by atoms with Gasteiger partial charge < -0.3 is 10.0 Å². The Balaban J connectivity index is 1.59. The van der Waals surface area contributed by atoms with Gasteiger partial charge in [0.05, 0.1) is 24.4 Å². The minimum Gasteiger partial charge on any atom is -0.389 e. The molecule has 2 aromatic carbocycles. The molecule has 1 aliphatic rings. The number of likely N-dealkylation sites (tertiary alicyclic amines) is 1. The number of piperidine rings is 1. The van der Waals surface area contributed by atoms with Gasteiger partial charge in [-0.2, -0.15) is 0 Å². The molecular weight excluding hydrogens is 443 g/mol. The molecule has 0 spiro atoms. The van der Waals surface area contributed by atoms with E-state index < -0.39 is 6.10 Å². The van der Waals surface area contributed by atoms with Crippen LogP contribution in [-0.2, 0) is 4.79 Å². The summed E-state index contributed by atoms with van der Waals surface area (Å²) in [5.41, 5.74) is 2.32. The standard InChI is InChI=1S/C25H28ClFN4O2/c1-2-3-4-5-25(33)30-16-24(32)23(14-22(30)18-6-10-19(26)11-7-18)31-15-21(28-29-31)17-8-12-20(27)13-9-17/h6-13,15,22-24,32H,2-5,14,16H2,1H3/t22-,23-,24-/m1/s1. The number of carbonyl (C=O) groups is 1. The summed E-state index contributed by atoms with van der Waals surface area (Å²) < 4.78 is 14.9. The molecule has 0 unspecified atom stereocenters. The number of hydrogen-bond acceptors (Lipinski definition) is 4. The molecule has 0 aliphatic carbocycles. The molecule has 33 heavy (non-hydrogen) atoms. The van der Waals surface area contributed by atoms with Gasteiger partial charge >= 0.3 is 0 Å². The Hall–Kier alpha value is -2.77. The van der Waals surface area contributed by atoms with Crippen LogP contribution >= 0.6 is 11.6 Å². The highest BCUT2D eigenvalue weighted by molar-refractivity contribution is 6.30. The van der Waals surface area contributed by atoms with Crippen LogP contribution in [0.4, 0.5) is 4.39 Å². The van der Waals surface area contributed by atoms with Crippen LogP contribution in [0.15, 0.2) is 54.7 Å². The summed E-state index contributed by atoms with van der Waals surface area (Å²) in [6.45, 7) is 2.32. The van der Waals surface area contributed by atoms with E-state index in [-0.39, 0.29) is 30.4 Å². The number of benzene rings is 2. The summed E-state index contributed by atoms with van der Waals surface area (Å²) in [6.07, 6.45) is 4.82. The largest absolute Gasteiger partial charge is 0.389 e. The molecule has 1 amide bonds. The maximum Gasteiger partial charge on any atom is 0.223 e. The Morgan fingerprint density at radius 1 is 1.15 bits per heavy atom. The molecule has 4 rings (SSSR count). The highest BCUT2D eigenvalue weighted by Crippen LogP contribution is 2.38. The molecule has 8 heteroatoms. The number of hydrogen-bond donors (Lipinski definition) is 1. The smallest absolute Gasteiger partial charge is 0.223 e. The van der Waals surface area contributed by atoms with Gasteiger partial charge in [-0.1, -0.05) is 48.7 Å². The van der Waals surface area contributed by atoms with Gasteiger partial charge in [0.2, 0.25) is 5.91 Å². The number of amides is 1. The van der Waals surface area contributed by atoms with Crippen LogP contribution in [0.1, 0.15) is 56.7 Å². The van der Waals surface area contributed by atoms with E-state index in [2.05, 4.69) is 17.2 Å². The summed E-state index contributed by atoms with van der Waals surface area (Å²) >= 11 is 6.09. The Kier molecular flexibility index (Phi) is 7.40. The van der Waals surface area contributed by atoms with Crippen molar-refractivity contribution in [2.75, 3.05) is 6.54 Å². The zero-order chi connectivity index (χ0) is 23.4. The first-order valence-corrected chi connectivity index (χ1v) is 11.7. The lowest BCUT2D eigenvalue weighted by molar-refractivity contribution is -0.140. The summed E-state index contributed by atoms with van der Waals surface area (Å²) in [4.78, 5) is 14.8. The van der Waals surface area contributed by atoms with Crippen LogP contribution in [0.25, 0.3) is 11.3 Å². The molecular formula is C25H28ClFN4O2. The lowest BCUT2D eigenvalue weighted by atomic mass is 9.89. The number of rotatable bonds is 7. The third-order valence-electron chi connectivity index (χ3n) is 6.23. The maximum atomic E-state index is 13.3. The number of carbonyl (C=O) groups excluding carboxylic acids is 1. The Morgan fingerprint density at radius 2 is 1.88 bits per heavy atom. The summed E-state index contributed by atoms with van der Waals surface area (Å²) in [7, 11) is 0. The van der Waals surface area contributed by atoms with Crippen molar-refractivity contribution in [3.8, 4) is 11.3 Å². The second kappa shape index (κ2) is 10.4. The molecule has 6 nitrogen and oxygen atoms in total. The molecule has 0 saturated carbocycles. The molecule has 1 N–H and O–H groups in total. The average molecular weight is 471 g/mol. The molecule has 3 atom stereocenters. The van der Waals surface area contributed by atoms with Crippen LogP contribution in [0.3, 0.4) is 0 Å². The topological polar surface area (TPSA) is 71.2 Å². The maximum absolute atomic E-state index is 13.3. The van der Waals surface area contributed by atoms with E-state index in [1.807, 2.05) is 24.3 Å². The van der Waals surface area contributed by atoms with Gasteiger partial charge in [0.15, 0.2) is 0 Å². The molecule has 3 aromatic rings. The number of aromatic nitrogens is 3. The van der Waals surface area contributed by atoms with E-state index >= 15 is 0 Å². The molecule has 1 aliphatic heterocycles. The van der Waals surface area contributed by atoms with Gasteiger partial charge in [-0.05, 0) is 54.8 Å². The number of unbranched alkanes of at least 4 members (excludes halogenated alkanes) is 2. The Bertz CT molecular complexity index is 1070. The van der Waals surface area contributed by atoms with E-state index in [1.165, 1.54) is 12.1 Å². The Morgan fingerprint density at radius 3 is 2.58 bits per heavy atom. The third-order valence-corrected chi connectivity index (χ3v) is 6.48. The zero-order valence-corrected chi connectivity index (χ0v) is 19.3. The van der Waals surface area contributed by atoms with Gasteiger partial charge in [0.25, 0.3) is 0 Å². The first kappa shape index (κ1) is 23.4. The van der Waals surface area contributed by atoms with Crippen LogP contribution in [0.2, 0.25) is 5.02 Å². The number of aliphatic hydroxyl groups is 1. The molecule has 174 valence electrons. The summed E-state index contributed by atoms with van der Waals surface area (Å²) in [5, 5.41) is 20.1. The van der Waals surface area contributed by atoms with Gasteiger partial charge in [-0.15, -0.1) is 5.10 Å². The summed E-state index contributed by atoms with van der Waals surface area (Å²) in [6, 6.07) is 13.0. The minimum atomic E-state index is -0.786. The number of aliphatic hydroxyl groups excluding tert-OH is 1. The third kappa shape index (κ3) is 5.42. The Labute approximate surface area is 198 Å². The molecule has 1 saturated heterocycles. The van der Waals surface area contributed by atoms with Gasteiger partial charge in [-0.3, -0.25) is 4.79 Å². The predicted octanol–water partition coefficient (Wildman–Crippen LogP) is 5.19. The normalized spacial score (nSPS) is 20.7. The minimum absolute atomic E-state index is 0.0477. The molecule has 0 radical (unpaired) electrons. The summed E-state index contributed by atoms with van der Waals surface area (Å²) in [5.74, 6) is -0.269. The quantitative estimate of drug-likeness (QED) is 0.482. The second-order valence-corrected chi connectivity index (χ2v) is 8.97. The molecule has 0 bridgehead atoms. The number of nitrogens with zero attached hydrogens (tertiary/aromatic N) is 4. The highest BCUT2D eigenvalue weighted by atomic mass is 35.5. The number of halogens is 2. The first-order chi connectivity index (χ1) is 16.0. The van der Waals surface area contributed by atoms with Crippen molar-refractivity contribution in [2.24, 2.45) is 0 Å². The monoisotopic (exact) mass is 470 g/mol. The second-order valence-electron chi connectivity index (χ2n) is 8.53. The van der Waals surface area contributed by atoms with Crippen molar-refractivity contribution >= 4 is 17.5 Å².